The van der Waals surface area contributed by atoms with Crippen LogP contribution in [0.5, 0.6) is 0 Å². The van der Waals surface area contributed by atoms with Gasteiger partial charge >= 0.3 is 31.4 Å². The summed E-state index contributed by atoms with van der Waals surface area (Å²) in [5.41, 5.74) is 0. The van der Waals surface area contributed by atoms with Crippen LogP contribution in [0.15, 0.2) is 0 Å². The van der Waals surface area contributed by atoms with Crippen LogP contribution in [0.4, 0.5) is 0 Å². The van der Waals surface area contributed by atoms with Gasteiger partial charge in [-0.25, -0.2) is 0 Å². The maximum atomic E-state index is 7.32. The number of rotatable bonds is 0. The monoisotopic (exact) mass is 101 g/mol. The normalized spacial score (nSPS) is 4.25. The van der Waals surface area contributed by atoms with Crippen LogP contribution in [0.2, 0.25) is 0 Å². The zero-order valence-electron chi connectivity index (χ0n) is 1.69. The summed E-state index contributed by atoms with van der Waals surface area (Å²) in [6.45, 7) is 0. The number of nitriles is 1. The van der Waals surface area contributed by atoms with Crippen molar-refractivity contribution in [2.24, 2.45) is 0 Å². The van der Waals surface area contributed by atoms with Crippen LogP contribution in [0, 0.1) is 11.5 Å². The minimum atomic E-state index is 1.29. The second-order valence-corrected chi connectivity index (χ2v) is 0.372. The van der Waals surface area contributed by atoms with Crippen molar-refractivity contribution in [2.75, 3.05) is 0 Å². The fourth-order valence-corrected chi connectivity index (χ4v) is 0. The zero-order chi connectivity index (χ0) is 3.41. The quantitative estimate of drug-likeness (QED) is 0.400. The van der Waals surface area contributed by atoms with E-state index < -0.39 is 0 Å². The van der Waals surface area contributed by atoms with E-state index in [2.05, 4.69) is 19.9 Å². The first-order valence-corrected chi connectivity index (χ1v) is 0.989. The number of hydrogen-bond acceptors (Lipinski definition) is 2. The number of hydrogen-bond donors (Lipinski definition) is 0. The molecule has 0 N–H and O–H groups in total. The predicted molar refractivity (Wildman–Crippen MR) is 6.70 cm³/mol. The molecule has 2 nitrogen and oxygen atoms in total. The predicted octanol–water partition coefficient (Wildman–Crippen LogP) is -0.0541. The third kappa shape index (κ3) is 1.80. The third-order valence-corrected chi connectivity index (χ3v) is 0.125. The van der Waals surface area contributed by atoms with Crippen LogP contribution in [-0.4, -0.2) is 0 Å². The Hall–Kier alpha value is -0.204. The van der Waals surface area contributed by atoms with E-state index in [0.717, 1.165) is 0 Å². The van der Waals surface area contributed by atoms with E-state index in [4.69, 9.17) is 5.26 Å². The Morgan fingerprint density at radius 3 is 2.25 bits per heavy atom. The molecule has 0 aromatic carbocycles. The molecule has 0 spiro atoms. The van der Waals surface area contributed by atoms with Crippen LogP contribution >= 0.6 is 0 Å². The average molecular weight is 101 g/mol. The molecule has 0 bridgehead atoms. The Morgan fingerprint density at radius 2 is 2.25 bits per heavy atom. The molecule has 0 aromatic heterocycles. The Kier molecular flexibility index (Phi) is 2.65. The first kappa shape index (κ1) is 3.80. The van der Waals surface area contributed by atoms with Crippen molar-refractivity contribution in [3.8, 4) is 6.26 Å². The molecule has 0 radical (unpaired) electrons. The Morgan fingerprint density at radius 1 is 2.00 bits per heavy atom. The average Bonchev–Trinajstić information content (AvgIpc) is 1.37. The number of nitrogens with zero attached hydrogens (tertiary/aromatic N) is 1. The van der Waals surface area contributed by atoms with Gasteiger partial charge in [-0.1, -0.05) is 0 Å². The van der Waals surface area contributed by atoms with Gasteiger partial charge in [-0.15, -0.1) is 0 Å². The molecule has 0 heterocycles. The minimum absolute atomic E-state index is 1.29. The van der Waals surface area contributed by atoms with E-state index in [1.54, 1.807) is 0 Å². The standard InChI is InChI=1S/CHNO.Co/c2-1-3;/h3H;/q;+1/p-1. The first-order valence-electron chi connectivity index (χ1n) is 0.564. The second kappa shape index (κ2) is 2.80. The zero-order valence-corrected chi connectivity index (χ0v) is 2.73. The third-order valence-electron chi connectivity index (χ3n) is 0.0304. The molecule has 0 saturated heterocycles. The fraction of sp³-hybridized carbons (Fsp3) is 0. The summed E-state index contributed by atoms with van der Waals surface area (Å²) in [5.74, 6) is 0. The van der Waals surface area contributed by atoms with E-state index in [1.807, 2.05) is 0 Å². The van der Waals surface area contributed by atoms with Crippen LogP contribution < -0.4 is 0 Å². The molecule has 0 aromatic rings. The Balaban J connectivity index is 2.43. The molecular formula is CCoNO. The van der Waals surface area contributed by atoms with Crippen molar-refractivity contribution in [3.05, 3.63) is 0 Å². The van der Waals surface area contributed by atoms with Gasteiger partial charge in [-0.05, 0) is 0 Å². The van der Waals surface area contributed by atoms with Crippen LogP contribution in [0.25, 0.3) is 0 Å². The van der Waals surface area contributed by atoms with Crippen LogP contribution in [0.3, 0.4) is 0 Å². The summed E-state index contributed by atoms with van der Waals surface area (Å²) in [6.07, 6.45) is 1.29. The summed E-state index contributed by atoms with van der Waals surface area (Å²) in [5, 5.41) is 7.32. The van der Waals surface area contributed by atoms with Gasteiger partial charge in [0.25, 0.3) is 0 Å². The molecule has 0 fully saturated rings. The van der Waals surface area contributed by atoms with Gasteiger partial charge in [-0.2, -0.15) is 0 Å². The first-order chi connectivity index (χ1) is 1.91. The molecule has 0 unspecified atom stereocenters. The molecule has 0 saturated carbocycles. The summed E-state index contributed by atoms with van der Waals surface area (Å²) < 4.78 is 3.53. The maximum absolute atomic E-state index is 7.32. The molecule has 0 amide bonds. The molecule has 0 atom stereocenters. The van der Waals surface area contributed by atoms with Crippen LogP contribution in [0.1, 0.15) is 0 Å². The van der Waals surface area contributed by atoms with Crippen LogP contribution in [-0.2, 0) is 19.9 Å². The Bertz CT molecular complexity index is 37.8. The van der Waals surface area contributed by atoms with Crippen molar-refractivity contribution in [1.29, 1.82) is 5.26 Å². The van der Waals surface area contributed by atoms with E-state index >= 15 is 0 Å². The van der Waals surface area contributed by atoms with Crippen molar-refractivity contribution < 1.29 is 19.9 Å². The van der Waals surface area contributed by atoms with E-state index in [-0.39, 0.29) is 0 Å². The Labute approximate surface area is 32.3 Å². The summed E-state index contributed by atoms with van der Waals surface area (Å²) in [6, 6.07) is 0. The second-order valence-electron chi connectivity index (χ2n) is 0.159. The fourth-order valence-electron chi connectivity index (χ4n) is 0. The van der Waals surface area contributed by atoms with Gasteiger partial charge < -0.3 is 0 Å². The van der Waals surface area contributed by atoms with E-state index in [0.29, 0.717) is 0 Å². The van der Waals surface area contributed by atoms with E-state index in [9.17, 15) is 0 Å². The SMILES string of the molecule is N#C[O][Co]. The van der Waals surface area contributed by atoms with Gasteiger partial charge in [0.2, 0.25) is 0 Å². The molecule has 4 heavy (non-hydrogen) atoms. The van der Waals surface area contributed by atoms with Crippen molar-refractivity contribution in [1.82, 2.24) is 0 Å². The van der Waals surface area contributed by atoms with Gasteiger partial charge in [0.1, 0.15) is 0 Å². The molecule has 24 valence electrons. The van der Waals surface area contributed by atoms with Gasteiger partial charge in [0.05, 0.1) is 0 Å². The van der Waals surface area contributed by atoms with Gasteiger partial charge in [0, 0.05) is 0 Å². The van der Waals surface area contributed by atoms with E-state index in [1.165, 1.54) is 6.26 Å². The van der Waals surface area contributed by atoms with Gasteiger partial charge in [0.15, 0.2) is 0 Å². The topological polar surface area (TPSA) is 33.0 Å². The molecular weight excluding hydrogens is 101 g/mol. The molecule has 0 aliphatic rings. The molecule has 0 aliphatic heterocycles. The van der Waals surface area contributed by atoms with Crippen molar-refractivity contribution >= 4 is 0 Å². The summed E-state index contributed by atoms with van der Waals surface area (Å²) >= 11 is 3.10. The van der Waals surface area contributed by atoms with Crippen molar-refractivity contribution in [2.45, 2.75) is 0 Å². The molecule has 3 heteroatoms. The molecule has 0 aliphatic carbocycles. The summed E-state index contributed by atoms with van der Waals surface area (Å²) in [4.78, 5) is 0. The summed E-state index contributed by atoms with van der Waals surface area (Å²) in [7, 11) is 0. The molecule has 0 rings (SSSR count). The van der Waals surface area contributed by atoms with Gasteiger partial charge in [-0.3, -0.25) is 0 Å². The van der Waals surface area contributed by atoms with Crippen molar-refractivity contribution in [3.63, 3.8) is 0 Å².